The number of methoxy groups -OCH3 is 1. The van der Waals surface area contributed by atoms with E-state index in [4.69, 9.17) is 9.73 Å². The van der Waals surface area contributed by atoms with Gasteiger partial charge in [-0.3, -0.25) is 4.99 Å². The average Bonchev–Trinajstić information content (AvgIpc) is 2.79. The molecule has 4 rings (SSSR count). The van der Waals surface area contributed by atoms with Gasteiger partial charge < -0.3 is 15.0 Å². The number of aliphatic imine (C=N–C) groups is 1. The first-order valence-corrected chi connectivity index (χ1v) is 8.12. The van der Waals surface area contributed by atoms with E-state index in [-0.39, 0.29) is 0 Å². The first kappa shape index (κ1) is 14.3. The van der Waals surface area contributed by atoms with Gasteiger partial charge in [0.05, 0.1) is 31.1 Å². The van der Waals surface area contributed by atoms with Crippen molar-refractivity contribution in [2.24, 2.45) is 4.99 Å². The number of anilines is 1. The lowest BCUT2D eigenvalue weighted by Gasteiger charge is -2.37. The van der Waals surface area contributed by atoms with Crippen molar-refractivity contribution in [2.75, 3.05) is 38.2 Å². The standard InChI is InChI=1S/C19H21N3O/c1-23-16-7-8-17-18(11-16)22-10-9-20-12-15(22)13-21-19(17)14-5-3-2-4-6-14/h2-8,11,15,20H,9-10,12-13H2,1H3. The summed E-state index contributed by atoms with van der Waals surface area (Å²) >= 11 is 0. The number of rotatable bonds is 2. The Kier molecular flexibility index (Phi) is 3.75. The lowest BCUT2D eigenvalue weighted by Crippen LogP contribution is -2.52. The summed E-state index contributed by atoms with van der Waals surface area (Å²) in [4.78, 5) is 7.45. The molecule has 1 N–H and O–H groups in total. The Morgan fingerprint density at radius 1 is 1.17 bits per heavy atom. The topological polar surface area (TPSA) is 36.9 Å². The Balaban J connectivity index is 1.87. The van der Waals surface area contributed by atoms with Crippen LogP contribution in [-0.4, -0.2) is 45.0 Å². The first-order valence-electron chi connectivity index (χ1n) is 8.12. The second kappa shape index (κ2) is 6.05. The zero-order valence-corrected chi connectivity index (χ0v) is 13.3. The normalized spacial score (nSPS) is 20.1. The number of hydrogen-bond donors (Lipinski definition) is 1. The molecular weight excluding hydrogens is 286 g/mol. The van der Waals surface area contributed by atoms with Crippen LogP contribution in [0.25, 0.3) is 0 Å². The molecule has 1 unspecified atom stereocenters. The summed E-state index contributed by atoms with van der Waals surface area (Å²) in [5.74, 6) is 0.898. The van der Waals surface area contributed by atoms with E-state index < -0.39 is 0 Å². The number of piperazine rings is 1. The van der Waals surface area contributed by atoms with Gasteiger partial charge in [0.25, 0.3) is 0 Å². The van der Waals surface area contributed by atoms with Crippen LogP contribution >= 0.6 is 0 Å². The molecule has 0 radical (unpaired) electrons. The maximum atomic E-state index is 5.46. The molecule has 0 spiro atoms. The van der Waals surface area contributed by atoms with Gasteiger partial charge in [-0.05, 0) is 12.1 Å². The lowest BCUT2D eigenvalue weighted by atomic mass is 9.99. The molecule has 4 heteroatoms. The predicted molar refractivity (Wildman–Crippen MR) is 93.9 cm³/mol. The second-order valence-electron chi connectivity index (χ2n) is 5.99. The Morgan fingerprint density at radius 3 is 2.87 bits per heavy atom. The maximum Gasteiger partial charge on any atom is 0.120 e. The Morgan fingerprint density at radius 2 is 2.04 bits per heavy atom. The molecular formula is C19H21N3O. The molecule has 0 amide bonds. The molecule has 2 aromatic carbocycles. The predicted octanol–water partition coefficient (Wildman–Crippen LogP) is 2.32. The van der Waals surface area contributed by atoms with E-state index in [1.165, 1.54) is 16.8 Å². The van der Waals surface area contributed by atoms with Crippen molar-refractivity contribution < 1.29 is 4.74 Å². The quantitative estimate of drug-likeness (QED) is 0.925. The van der Waals surface area contributed by atoms with E-state index >= 15 is 0 Å². The van der Waals surface area contributed by atoms with E-state index in [1.54, 1.807) is 7.11 Å². The van der Waals surface area contributed by atoms with Crippen molar-refractivity contribution in [3.63, 3.8) is 0 Å². The first-order chi connectivity index (χ1) is 11.4. The number of nitrogens with one attached hydrogen (secondary N) is 1. The SMILES string of the molecule is COc1ccc2c(c1)N1CCNCC1CN=C2c1ccccc1. The van der Waals surface area contributed by atoms with Crippen molar-refractivity contribution in [3.8, 4) is 5.75 Å². The van der Waals surface area contributed by atoms with Crippen LogP contribution in [0.2, 0.25) is 0 Å². The molecule has 2 heterocycles. The highest BCUT2D eigenvalue weighted by molar-refractivity contribution is 6.16. The van der Waals surface area contributed by atoms with Crippen LogP contribution in [0, 0.1) is 0 Å². The largest absolute Gasteiger partial charge is 0.497 e. The van der Waals surface area contributed by atoms with Crippen LogP contribution in [0.1, 0.15) is 11.1 Å². The second-order valence-corrected chi connectivity index (χ2v) is 5.99. The van der Waals surface area contributed by atoms with Gasteiger partial charge in [-0.15, -0.1) is 0 Å². The third-order valence-electron chi connectivity index (χ3n) is 4.63. The molecule has 2 aliphatic heterocycles. The highest BCUT2D eigenvalue weighted by Crippen LogP contribution is 2.32. The van der Waals surface area contributed by atoms with Crippen LogP contribution in [0.3, 0.4) is 0 Å². The Labute approximate surface area is 136 Å². The molecule has 0 aromatic heterocycles. The van der Waals surface area contributed by atoms with Crippen LogP contribution in [0.5, 0.6) is 5.75 Å². The van der Waals surface area contributed by atoms with E-state index in [1.807, 2.05) is 12.1 Å². The number of benzene rings is 2. The molecule has 4 nitrogen and oxygen atoms in total. The van der Waals surface area contributed by atoms with E-state index in [2.05, 4.69) is 46.6 Å². The van der Waals surface area contributed by atoms with E-state index in [0.717, 1.165) is 37.6 Å². The van der Waals surface area contributed by atoms with Crippen LogP contribution < -0.4 is 15.0 Å². The number of fused-ring (bicyclic) bond motifs is 3. The van der Waals surface area contributed by atoms with Crippen molar-refractivity contribution in [3.05, 3.63) is 59.7 Å². The van der Waals surface area contributed by atoms with Gasteiger partial charge in [-0.25, -0.2) is 0 Å². The van der Waals surface area contributed by atoms with E-state index in [9.17, 15) is 0 Å². The monoisotopic (exact) mass is 307 g/mol. The Hall–Kier alpha value is -2.33. The van der Waals surface area contributed by atoms with Crippen molar-refractivity contribution in [1.29, 1.82) is 0 Å². The van der Waals surface area contributed by atoms with E-state index in [0.29, 0.717) is 6.04 Å². The van der Waals surface area contributed by atoms with Gasteiger partial charge in [-0.2, -0.15) is 0 Å². The molecule has 2 aromatic rings. The summed E-state index contributed by atoms with van der Waals surface area (Å²) in [6, 6.07) is 17.2. The van der Waals surface area contributed by atoms with Crippen molar-refractivity contribution in [1.82, 2.24) is 5.32 Å². The number of hydrogen-bond acceptors (Lipinski definition) is 4. The fourth-order valence-electron chi connectivity index (χ4n) is 3.44. The molecule has 1 saturated heterocycles. The summed E-state index contributed by atoms with van der Waals surface area (Å²) in [6.07, 6.45) is 0. The highest BCUT2D eigenvalue weighted by atomic mass is 16.5. The van der Waals surface area contributed by atoms with Crippen molar-refractivity contribution >= 4 is 11.4 Å². The van der Waals surface area contributed by atoms with Gasteiger partial charge in [0, 0.05) is 36.8 Å². The Bertz CT molecular complexity index is 727. The summed E-state index contributed by atoms with van der Waals surface area (Å²) in [7, 11) is 1.72. The summed E-state index contributed by atoms with van der Waals surface area (Å²) in [5.41, 5.74) is 4.68. The smallest absolute Gasteiger partial charge is 0.120 e. The molecule has 1 atom stereocenters. The summed E-state index contributed by atoms with van der Waals surface area (Å²) in [6.45, 7) is 3.80. The van der Waals surface area contributed by atoms with Gasteiger partial charge >= 0.3 is 0 Å². The fourth-order valence-corrected chi connectivity index (χ4v) is 3.44. The highest BCUT2D eigenvalue weighted by Gasteiger charge is 2.28. The molecule has 0 saturated carbocycles. The van der Waals surface area contributed by atoms with Crippen molar-refractivity contribution in [2.45, 2.75) is 6.04 Å². The molecule has 2 aliphatic rings. The number of ether oxygens (including phenoxy) is 1. The zero-order valence-electron chi connectivity index (χ0n) is 13.3. The molecule has 0 bridgehead atoms. The average molecular weight is 307 g/mol. The van der Waals surface area contributed by atoms with Gasteiger partial charge in [0.15, 0.2) is 0 Å². The fraction of sp³-hybridized carbons (Fsp3) is 0.316. The third-order valence-corrected chi connectivity index (χ3v) is 4.63. The zero-order chi connectivity index (χ0) is 15.6. The van der Waals surface area contributed by atoms with Gasteiger partial charge in [-0.1, -0.05) is 30.3 Å². The maximum absolute atomic E-state index is 5.46. The molecule has 118 valence electrons. The van der Waals surface area contributed by atoms with Gasteiger partial charge in [0.2, 0.25) is 0 Å². The number of nitrogens with zero attached hydrogens (tertiary/aromatic N) is 2. The summed E-state index contributed by atoms with van der Waals surface area (Å²) in [5, 5.41) is 3.48. The molecule has 23 heavy (non-hydrogen) atoms. The minimum Gasteiger partial charge on any atom is -0.497 e. The molecule has 1 fully saturated rings. The minimum atomic E-state index is 0.399. The molecule has 0 aliphatic carbocycles. The van der Waals surface area contributed by atoms with Crippen LogP contribution in [0.15, 0.2) is 53.5 Å². The lowest BCUT2D eigenvalue weighted by molar-refractivity contribution is 0.414. The van der Waals surface area contributed by atoms with Crippen LogP contribution in [-0.2, 0) is 0 Å². The van der Waals surface area contributed by atoms with Crippen LogP contribution in [0.4, 0.5) is 5.69 Å². The third kappa shape index (κ3) is 2.59. The van der Waals surface area contributed by atoms with Gasteiger partial charge in [0.1, 0.15) is 5.75 Å². The summed E-state index contributed by atoms with van der Waals surface area (Å²) < 4.78 is 5.46. The minimum absolute atomic E-state index is 0.399.